The van der Waals surface area contributed by atoms with Crippen molar-refractivity contribution in [3.05, 3.63) is 122 Å². The van der Waals surface area contributed by atoms with Crippen LogP contribution in [-0.4, -0.2) is 193 Å². The molecule has 0 aromatic rings. The number of unbranched alkanes of at least 4 members (excludes halogenated alkanes) is 28. The Morgan fingerprint density at radius 1 is 0.359 bits per heavy atom. The summed E-state index contributed by atoms with van der Waals surface area (Å²) in [5, 5.41) is 121. The average molecular weight is 1460 g/mol. The number of aliphatic hydroxyl groups is 11. The summed E-state index contributed by atoms with van der Waals surface area (Å²) in [7, 11) is 0. The van der Waals surface area contributed by atoms with Gasteiger partial charge in [0.1, 0.15) is 73.2 Å². The zero-order valence-corrected chi connectivity index (χ0v) is 63.3. The van der Waals surface area contributed by atoms with E-state index < -0.39 is 124 Å². The highest BCUT2D eigenvalue weighted by Gasteiger charge is 2.54. The van der Waals surface area contributed by atoms with Crippen molar-refractivity contribution in [1.29, 1.82) is 0 Å². The third kappa shape index (κ3) is 43.1. The standard InChI is InChI=1S/C84H143NO18/c1-3-5-7-9-11-13-15-17-19-21-23-25-26-27-28-29-30-31-32-33-34-35-36-37-38-39-40-42-44-46-48-50-52-54-56-58-60-62-72(90)85-67(68(89)61-59-57-55-53-51-49-47-45-43-41-24-22-20-18-16-14-12-10-8-6-4-2)66-98-82-78(96)75(93)80(70(64-87)100-82)103-84-79(97)76(94)81(71(65-88)101-84)102-83-77(95)74(92)73(91)69(63-86)99-83/h5,7,11,13,17,19,23,25,27-28,30-31,33-34,43,45,51,53,59,61,67-71,73-84,86-89,91-97H,3-4,6,8-10,12,14-16,18,20-22,24,26,29,32,35-42,44,46-50,52,54-58,60,62-66H2,1-2H3,(H,85,90)/b7-5-,13-11-,19-17-,25-23-,28-27-,31-30-,34-33-,45-43+,53-51+,61-59+. The number of nitrogens with one attached hydrogen (secondary N) is 1. The second-order valence-corrected chi connectivity index (χ2v) is 28.1. The summed E-state index contributed by atoms with van der Waals surface area (Å²) < 4.78 is 34.4. The molecule has 3 saturated heterocycles. The molecule has 17 atom stereocenters. The van der Waals surface area contributed by atoms with E-state index in [2.05, 4.69) is 129 Å². The van der Waals surface area contributed by atoms with Crippen LogP contribution in [0, 0.1) is 0 Å². The van der Waals surface area contributed by atoms with E-state index in [1.54, 1.807) is 6.08 Å². The van der Waals surface area contributed by atoms with Gasteiger partial charge in [-0.3, -0.25) is 4.79 Å². The Labute approximate surface area is 620 Å². The molecule has 19 nitrogen and oxygen atoms in total. The molecule has 0 aromatic carbocycles. The second kappa shape index (κ2) is 63.2. The van der Waals surface area contributed by atoms with E-state index in [9.17, 15) is 61.0 Å². The van der Waals surface area contributed by atoms with Gasteiger partial charge in [-0.25, -0.2) is 0 Å². The Morgan fingerprint density at radius 3 is 1.09 bits per heavy atom. The number of hydrogen-bond acceptors (Lipinski definition) is 18. The molecule has 1 amide bonds. The fourth-order valence-electron chi connectivity index (χ4n) is 12.8. The number of hydrogen-bond donors (Lipinski definition) is 12. The van der Waals surface area contributed by atoms with Crippen LogP contribution in [0.4, 0.5) is 0 Å². The Hall–Kier alpha value is -3.81. The number of amides is 1. The lowest BCUT2D eigenvalue weighted by Crippen LogP contribution is -2.66. The highest BCUT2D eigenvalue weighted by atomic mass is 16.8. The monoisotopic (exact) mass is 1450 g/mol. The first-order valence-corrected chi connectivity index (χ1v) is 40.3. The summed E-state index contributed by atoms with van der Waals surface area (Å²) in [6.07, 6.45) is 61.8. The Bertz CT molecular complexity index is 2330. The minimum absolute atomic E-state index is 0.226. The van der Waals surface area contributed by atoms with Crippen molar-refractivity contribution < 1.29 is 89.4 Å². The van der Waals surface area contributed by atoms with Crippen LogP contribution in [-0.2, 0) is 33.2 Å². The van der Waals surface area contributed by atoms with E-state index in [1.165, 1.54) is 135 Å². The van der Waals surface area contributed by atoms with E-state index in [4.69, 9.17) is 28.4 Å². The maximum absolute atomic E-state index is 13.5. The lowest BCUT2D eigenvalue weighted by atomic mass is 9.96. The van der Waals surface area contributed by atoms with Crippen molar-refractivity contribution in [3.63, 3.8) is 0 Å². The van der Waals surface area contributed by atoms with E-state index >= 15 is 0 Å². The van der Waals surface area contributed by atoms with Crippen molar-refractivity contribution in [2.75, 3.05) is 26.4 Å². The van der Waals surface area contributed by atoms with Gasteiger partial charge in [0, 0.05) is 6.42 Å². The zero-order chi connectivity index (χ0) is 74.6. The van der Waals surface area contributed by atoms with Crippen LogP contribution >= 0.6 is 0 Å². The zero-order valence-electron chi connectivity index (χ0n) is 63.3. The van der Waals surface area contributed by atoms with E-state index in [1.807, 2.05) is 6.08 Å². The normalized spacial score (nSPS) is 26.7. The van der Waals surface area contributed by atoms with Crippen LogP contribution in [0.2, 0.25) is 0 Å². The first kappa shape index (κ1) is 93.4. The minimum Gasteiger partial charge on any atom is -0.394 e. The first-order chi connectivity index (χ1) is 50.3. The molecular weight excluding hydrogens is 1310 g/mol. The van der Waals surface area contributed by atoms with Gasteiger partial charge in [-0.1, -0.05) is 283 Å². The molecule has 3 heterocycles. The van der Waals surface area contributed by atoms with Gasteiger partial charge >= 0.3 is 0 Å². The summed E-state index contributed by atoms with van der Waals surface area (Å²) >= 11 is 0. The van der Waals surface area contributed by atoms with E-state index in [-0.39, 0.29) is 18.9 Å². The molecule has 19 heteroatoms. The lowest BCUT2D eigenvalue weighted by molar-refractivity contribution is -0.379. The van der Waals surface area contributed by atoms with Crippen LogP contribution < -0.4 is 5.32 Å². The molecular formula is C84H143NO18. The molecule has 0 radical (unpaired) electrons. The average Bonchev–Trinajstić information content (AvgIpc) is 0.781. The van der Waals surface area contributed by atoms with Crippen molar-refractivity contribution in [2.45, 2.75) is 375 Å². The van der Waals surface area contributed by atoms with Gasteiger partial charge in [0.25, 0.3) is 0 Å². The third-order valence-corrected chi connectivity index (χ3v) is 19.2. The second-order valence-electron chi connectivity index (χ2n) is 28.1. The lowest BCUT2D eigenvalue weighted by Gasteiger charge is -2.48. The maximum atomic E-state index is 13.5. The fraction of sp³-hybridized carbons (Fsp3) is 0.750. The molecule has 3 aliphatic rings. The molecule has 3 fully saturated rings. The molecule has 592 valence electrons. The van der Waals surface area contributed by atoms with Crippen LogP contribution in [0.5, 0.6) is 0 Å². The molecule has 103 heavy (non-hydrogen) atoms. The Kier molecular flexibility index (Phi) is 57.3. The first-order valence-electron chi connectivity index (χ1n) is 40.3. The number of carbonyl (C=O) groups excluding carboxylic acids is 1. The van der Waals surface area contributed by atoms with Gasteiger partial charge < -0.3 is 89.9 Å². The van der Waals surface area contributed by atoms with E-state index in [0.29, 0.717) is 12.8 Å². The maximum Gasteiger partial charge on any atom is 0.220 e. The summed E-state index contributed by atoms with van der Waals surface area (Å²) in [5.41, 5.74) is 0. The van der Waals surface area contributed by atoms with Gasteiger partial charge in [0.05, 0.1) is 38.6 Å². The number of rotatable bonds is 62. The molecule has 0 bridgehead atoms. The van der Waals surface area contributed by atoms with Crippen molar-refractivity contribution in [1.82, 2.24) is 5.32 Å². The molecule has 0 saturated carbocycles. The topological polar surface area (TPSA) is 307 Å². The van der Waals surface area contributed by atoms with Gasteiger partial charge in [-0.05, 0) is 103 Å². The summed E-state index contributed by atoms with van der Waals surface area (Å²) in [4.78, 5) is 13.5. The largest absolute Gasteiger partial charge is 0.394 e. The summed E-state index contributed by atoms with van der Waals surface area (Å²) in [6, 6.07) is -1.00. The number of allylic oxidation sites excluding steroid dienone is 19. The molecule has 3 aliphatic heterocycles. The quantitative estimate of drug-likeness (QED) is 0.0199. The summed E-state index contributed by atoms with van der Waals surface area (Å²) in [5.74, 6) is -0.292. The predicted molar refractivity (Wildman–Crippen MR) is 410 cm³/mol. The highest BCUT2D eigenvalue weighted by Crippen LogP contribution is 2.33. The van der Waals surface area contributed by atoms with Crippen LogP contribution in [0.1, 0.15) is 271 Å². The van der Waals surface area contributed by atoms with E-state index in [0.717, 1.165) is 103 Å². The molecule has 12 N–H and O–H groups in total. The van der Waals surface area contributed by atoms with Crippen LogP contribution in [0.25, 0.3) is 0 Å². The molecule has 0 aromatic heterocycles. The highest BCUT2D eigenvalue weighted by molar-refractivity contribution is 5.76. The molecule has 17 unspecified atom stereocenters. The number of aliphatic hydroxyl groups excluding tert-OH is 11. The number of ether oxygens (including phenoxy) is 6. The fourth-order valence-corrected chi connectivity index (χ4v) is 12.8. The third-order valence-electron chi connectivity index (χ3n) is 19.2. The van der Waals surface area contributed by atoms with Crippen molar-refractivity contribution in [2.24, 2.45) is 0 Å². The van der Waals surface area contributed by atoms with Gasteiger partial charge in [0.2, 0.25) is 5.91 Å². The van der Waals surface area contributed by atoms with Crippen LogP contribution in [0.3, 0.4) is 0 Å². The van der Waals surface area contributed by atoms with Gasteiger partial charge in [-0.2, -0.15) is 0 Å². The predicted octanol–water partition coefficient (Wildman–Crippen LogP) is 13.5. The van der Waals surface area contributed by atoms with Gasteiger partial charge in [0.15, 0.2) is 18.9 Å². The Balaban J connectivity index is 1.36. The number of carbonyl (C=O) groups is 1. The molecule has 3 rings (SSSR count). The minimum atomic E-state index is -1.99. The van der Waals surface area contributed by atoms with Gasteiger partial charge in [-0.15, -0.1) is 0 Å². The smallest absolute Gasteiger partial charge is 0.220 e. The van der Waals surface area contributed by atoms with Crippen molar-refractivity contribution in [3.8, 4) is 0 Å². The Morgan fingerprint density at radius 2 is 0.680 bits per heavy atom. The van der Waals surface area contributed by atoms with Crippen molar-refractivity contribution >= 4 is 5.91 Å². The SMILES string of the molecule is CC/C=C\C/C=C\C/C=C\C/C=C\C/C=C\C/C=C\C/C=C\CCCCCCCCCCCCCCCCCC(=O)NC(COC1OC(CO)C(OC2OC(CO)C(OC3OC(CO)C(O)C(O)C3O)C(O)C2O)C(O)C1O)C(O)/C=C/CC/C=C/CC/C=C/CCCCCCCCCCCCC. The molecule has 0 spiro atoms. The molecule has 0 aliphatic carbocycles. The summed E-state index contributed by atoms with van der Waals surface area (Å²) in [6.45, 7) is 1.60. The van der Waals surface area contributed by atoms with Crippen LogP contribution in [0.15, 0.2) is 122 Å².